The molecule has 1 aromatic heterocycles. The smallest absolute Gasteiger partial charge is 0.263 e. The predicted molar refractivity (Wildman–Crippen MR) is 110 cm³/mol. The summed E-state index contributed by atoms with van der Waals surface area (Å²) >= 11 is 0. The highest BCUT2D eigenvalue weighted by Gasteiger charge is 2.13. The molecule has 0 bridgehead atoms. The Bertz CT molecular complexity index is 1100. The highest BCUT2D eigenvalue weighted by atomic mass is 16.2. The summed E-state index contributed by atoms with van der Waals surface area (Å²) < 4.78 is 1.54. The highest BCUT2D eigenvalue weighted by molar-refractivity contribution is 6.04. The molecule has 1 N–H and O–H groups in total. The van der Waals surface area contributed by atoms with Crippen LogP contribution in [0, 0.1) is 13.8 Å². The van der Waals surface area contributed by atoms with Crippen molar-refractivity contribution in [2.24, 2.45) is 0 Å². The zero-order chi connectivity index (χ0) is 20.3. The molecule has 0 aliphatic carbocycles. The third-order valence-corrected chi connectivity index (χ3v) is 4.66. The fourth-order valence-electron chi connectivity index (χ4n) is 2.97. The number of aryl methyl sites for hydroxylation is 2. The molecule has 3 rings (SSSR count). The van der Waals surface area contributed by atoms with Crippen LogP contribution in [-0.2, 0) is 6.54 Å². The van der Waals surface area contributed by atoms with Crippen LogP contribution >= 0.6 is 0 Å². The predicted octanol–water partition coefficient (Wildman–Crippen LogP) is 3.97. The average Bonchev–Trinajstić information content (AvgIpc) is 2.66. The fraction of sp³-hybridized carbons (Fsp3) is 0.174. The van der Waals surface area contributed by atoms with Crippen LogP contribution in [0.5, 0.6) is 0 Å². The van der Waals surface area contributed by atoms with Crippen molar-refractivity contribution in [2.75, 3.05) is 5.32 Å². The molecule has 0 saturated heterocycles. The molecular weight excluding hydrogens is 352 g/mol. The van der Waals surface area contributed by atoms with Crippen molar-refractivity contribution in [1.82, 2.24) is 4.57 Å². The van der Waals surface area contributed by atoms with E-state index in [2.05, 4.69) is 5.32 Å². The fourth-order valence-corrected chi connectivity index (χ4v) is 2.97. The Morgan fingerprint density at radius 2 is 1.71 bits per heavy atom. The molecule has 5 nitrogen and oxygen atoms in total. The SMILES string of the molecule is CC(=O)c1ccc(NC(=O)c2cccn(Cc3cc(C)ccc3C)c2=O)cc1. The van der Waals surface area contributed by atoms with Crippen molar-refractivity contribution in [3.8, 4) is 0 Å². The maximum atomic E-state index is 12.8. The van der Waals surface area contributed by atoms with Gasteiger partial charge in [0.15, 0.2) is 5.78 Å². The van der Waals surface area contributed by atoms with Crippen molar-refractivity contribution in [3.05, 3.63) is 99.0 Å². The Kier molecular flexibility index (Phi) is 5.54. The minimum Gasteiger partial charge on any atom is -0.322 e. The lowest BCUT2D eigenvalue weighted by Gasteiger charge is -2.11. The normalized spacial score (nSPS) is 10.5. The van der Waals surface area contributed by atoms with Crippen molar-refractivity contribution in [2.45, 2.75) is 27.3 Å². The Morgan fingerprint density at radius 3 is 2.39 bits per heavy atom. The third-order valence-electron chi connectivity index (χ3n) is 4.66. The van der Waals surface area contributed by atoms with Gasteiger partial charge in [0.2, 0.25) is 0 Å². The van der Waals surface area contributed by atoms with Crippen molar-refractivity contribution in [3.63, 3.8) is 0 Å². The molecule has 0 fully saturated rings. The number of anilines is 1. The van der Waals surface area contributed by atoms with Crippen LogP contribution < -0.4 is 10.9 Å². The second-order valence-electron chi connectivity index (χ2n) is 6.87. The number of nitrogens with zero attached hydrogens (tertiary/aromatic N) is 1. The number of amides is 1. The largest absolute Gasteiger partial charge is 0.322 e. The summed E-state index contributed by atoms with van der Waals surface area (Å²) in [6, 6.07) is 15.9. The van der Waals surface area contributed by atoms with Gasteiger partial charge in [0, 0.05) is 17.4 Å². The summed E-state index contributed by atoms with van der Waals surface area (Å²) in [5.74, 6) is -0.522. The summed E-state index contributed by atoms with van der Waals surface area (Å²) in [6.45, 7) is 5.89. The molecule has 28 heavy (non-hydrogen) atoms. The molecule has 1 heterocycles. The molecule has 0 unspecified atom stereocenters. The Morgan fingerprint density at radius 1 is 1.00 bits per heavy atom. The first-order valence-electron chi connectivity index (χ1n) is 9.03. The highest BCUT2D eigenvalue weighted by Crippen LogP contribution is 2.13. The van der Waals surface area contributed by atoms with Crippen molar-refractivity contribution in [1.29, 1.82) is 0 Å². The summed E-state index contributed by atoms with van der Waals surface area (Å²) in [4.78, 5) is 36.7. The number of carbonyl (C=O) groups is 2. The molecule has 0 radical (unpaired) electrons. The monoisotopic (exact) mass is 374 g/mol. The topological polar surface area (TPSA) is 68.2 Å². The zero-order valence-electron chi connectivity index (χ0n) is 16.2. The second kappa shape index (κ2) is 8.05. The van der Waals surface area contributed by atoms with Gasteiger partial charge in [-0.15, -0.1) is 0 Å². The number of aromatic nitrogens is 1. The van der Waals surface area contributed by atoms with E-state index >= 15 is 0 Å². The Labute approximate surface area is 163 Å². The van der Waals surface area contributed by atoms with Crippen LogP contribution in [0.1, 0.15) is 44.3 Å². The van der Waals surface area contributed by atoms with Gasteiger partial charge in [-0.25, -0.2) is 0 Å². The van der Waals surface area contributed by atoms with Crippen molar-refractivity contribution < 1.29 is 9.59 Å². The third kappa shape index (κ3) is 4.26. The molecule has 3 aromatic rings. The number of Topliss-reactive ketones (excluding diaryl/α,β-unsaturated/α-hetero) is 1. The van der Waals surface area contributed by atoms with Crippen LogP contribution in [0.4, 0.5) is 5.69 Å². The zero-order valence-corrected chi connectivity index (χ0v) is 16.2. The second-order valence-corrected chi connectivity index (χ2v) is 6.87. The van der Waals surface area contributed by atoms with E-state index < -0.39 is 5.91 Å². The summed E-state index contributed by atoms with van der Waals surface area (Å²) in [5, 5.41) is 2.71. The maximum absolute atomic E-state index is 12.8. The van der Waals surface area contributed by atoms with E-state index in [0.717, 1.165) is 16.7 Å². The lowest BCUT2D eigenvalue weighted by Crippen LogP contribution is -2.29. The van der Waals surface area contributed by atoms with E-state index in [4.69, 9.17) is 0 Å². The minimum atomic E-state index is -0.476. The summed E-state index contributed by atoms with van der Waals surface area (Å²) in [6.07, 6.45) is 1.68. The van der Waals surface area contributed by atoms with E-state index in [-0.39, 0.29) is 16.9 Å². The van der Waals surface area contributed by atoms with E-state index in [1.54, 1.807) is 36.5 Å². The maximum Gasteiger partial charge on any atom is 0.263 e. The van der Waals surface area contributed by atoms with E-state index in [0.29, 0.717) is 17.8 Å². The first-order chi connectivity index (χ1) is 13.3. The number of rotatable bonds is 5. The van der Waals surface area contributed by atoms with E-state index in [9.17, 15) is 14.4 Å². The number of nitrogens with one attached hydrogen (secondary N) is 1. The van der Waals surface area contributed by atoms with Gasteiger partial charge in [0.1, 0.15) is 5.56 Å². The number of hydrogen-bond acceptors (Lipinski definition) is 3. The van der Waals surface area contributed by atoms with Crippen LogP contribution in [0.15, 0.2) is 65.6 Å². The molecule has 142 valence electrons. The molecule has 0 atom stereocenters. The first kappa shape index (κ1) is 19.3. The Hall–Kier alpha value is -3.47. The van der Waals surface area contributed by atoms with Gasteiger partial charge in [-0.1, -0.05) is 23.8 Å². The summed E-state index contributed by atoms with van der Waals surface area (Å²) in [7, 11) is 0. The van der Waals surface area contributed by atoms with Gasteiger partial charge >= 0.3 is 0 Å². The van der Waals surface area contributed by atoms with Gasteiger partial charge in [-0.05, 0) is 68.3 Å². The lowest BCUT2D eigenvalue weighted by atomic mass is 10.1. The van der Waals surface area contributed by atoms with Gasteiger partial charge in [-0.2, -0.15) is 0 Å². The standard InChI is InChI=1S/C23H22N2O3/c1-15-6-7-16(2)19(13-15)14-25-12-4-5-21(23(25)28)22(27)24-20-10-8-18(9-11-20)17(3)26/h4-13H,14H2,1-3H3,(H,24,27). The van der Waals surface area contributed by atoms with Crippen LogP contribution in [0.3, 0.4) is 0 Å². The average molecular weight is 374 g/mol. The van der Waals surface area contributed by atoms with E-state index in [1.165, 1.54) is 17.6 Å². The molecule has 1 amide bonds. The van der Waals surface area contributed by atoms with E-state index in [1.807, 2.05) is 32.0 Å². The van der Waals surface area contributed by atoms with Gasteiger partial charge in [-0.3, -0.25) is 14.4 Å². The van der Waals surface area contributed by atoms with Crippen LogP contribution in [0.25, 0.3) is 0 Å². The quantitative estimate of drug-likeness (QED) is 0.687. The molecule has 5 heteroatoms. The minimum absolute atomic E-state index is 0.0461. The van der Waals surface area contributed by atoms with Gasteiger partial charge in [0.25, 0.3) is 11.5 Å². The number of ketones is 1. The molecule has 0 aliphatic heterocycles. The Balaban J connectivity index is 1.83. The number of carbonyl (C=O) groups excluding carboxylic acids is 2. The van der Waals surface area contributed by atoms with Crippen LogP contribution in [0.2, 0.25) is 0 Å². The van der Waals surface area contributed by atoms with Gasteiger partial charge < -0.3 is 9.88 Å². The number of pyridine rings is 1. The molecule has 0 spiro atoms. The number of hydrogen-bond donors (Lipinski definition) is 1. The lowest BCUT2D eigenvalue weighted by molar-refractivity contribution is 0.101. The molecular formula is C23H22N2O3. The number of benzene rings is 2. The van der Waals surface area contributed by atoms with Gasteiger partial charge in [0.05, 0.1) is 6.54 Å². The molecule has 0 saturated carbocycles. The molecule has 0 aliphatic rings. The first-order valence-corrected chi connectivity index (χ1v) is 9.03. The molecule has 2 aromatic carbocycles. The van der Waals surface area contributed by atoms with Crippen LogP contribution in [-0.4, -0.2) is 16.3 Å². The van der Waals surface area contributed by atoms with Crippen molar-refractivity contribution >= 4 is 17.4 Å². The summed E-state index contributed by atoms with van der Waals surface area (Å²) in [5.41, 5.74) is 4.08.